The van der Waals surface area contributed by atoms with Crippen molar-refractivity contribution in [2.45, 2.75) is 37.3 Å². The molecule has 1 aromatic rings. The van der Waals surface area contributed by atoms with Gasteiger partial charge in [-0.15, -0.1) is 11.8 Å². The second-order valence-electron chi connectivity index (χ2n) is 5.14. The number of pyridine rings is 1. The standard InChI is InChI=1S/C14H19NO3S/c1-10(16)11-3-6-15-12(7-11)19-9-14(4-5-14)8-13(17)18-2/h3,6-7,10,16H,4-5,8-9H2,1-2H3. The minimum atomic E-state index is -0.479. The third-order valence-corrected chi connectivity index (χ3v) is 4.75. The molecule has 1 N–H and O–H groups in total. The molecule has 0 aliphatic heterocycles. The minimum absolute atomic E-state index is 0.0975. The summed E-state index contributed by atoms with van der Waals surface area (Å²) in [7, 11) is 1.43. The lowest BCUT2D eigenvalue weighted by Crippen LogP contribution is -2.13. The molecule has 19 heavy (non-hydrogen) atoms. The number of thioether (sulfide) groups is 1. The first-order chi connectivity index (χ1) is 9.04. The monoisotopic (exact) mass is 281 g/mol. The molecule has 1 fully saturated rings. The quantitative estimate of drug-likeness (QED) is 0.641. The summed E-state index contributed by atoms with van der Waals surface area (Å²) in [5, 5.41) is 10.4. The Morgan fingerprint density at radius 3 is 2.95 bits per heavy atom. The Balaban J connectivity index is 1.92. The molecule has 4 nitrogen and oxygen atoms in total. The average molecular weight is 281 g/mol. The van der Waals surface area contributed by atoms with Gasteiger partial charge in [-0.1, -0.05) is 0 Å². The van der Waals surface area contributed by atoms with Crippen molar-refractivity contribution in [3.8, 4) is 0 Å². The van der Waals surface area contributed by atoms with Crippen molar-refractivity contribution in [3.63, 3.8) is 0 Å². The predicted octanol–water partition coefficient (Wildman–Crippen LogP) is 2.57. The maximum atomic E-state index is 11.3. The molecule has 1 atom stereocenters. The van der Waals surface area contributed by atoms with E-state index in [2.05, 4.69) is 4.98 Å². The van der Waals surface area contributed by atoms with Crippen LogP contribution in [0.3, 0.4) is 0 Å². The number of carbonyl (C=O) groups excluding carboxylic acids is 1. The number of esters is 1. The van der Waals surface area contributed by atoms with E-state index in [9.17, 15) is 9.90 Å². The molecule has 1 aliphatic carbocycles. The van der Waals surface area contributed by atoms with Crippen LogP contribution in [0.5, 0.6) is 0 Å². The van der Waals surface area contributed by atoms with Crippen molar-refractivity contribution in [2.24, 2.45) is 5.41 Å². The van der Waals surface area contributed by atoms with Crippen LogP contribution in [-0.4, -0.2) is 28.9 Å². The zero-order valence-electron chi connectivity index (χ0n) is 11.3. The van der Waals surface area contributed by atoms with Crippen molar-refractivity contribution in [1.82, 2.24) is 4.98 Å². The number of carbonyl (C=O) groups is 1. The van der Waals surface area contributed by atoms with E-state index in [0.29, 0.717) is 6.42 Å². The highest BCUT2D eigenvalue weighted by Crippen LogP contribution is 2.52. The van der Waals surface area contributed by atoms with Gasteiger partial charge in [-0.05, 0) is 42.9 Å². The maximum Gasteiger partial charge on any atom is 0.306 e. The fourth-order valence-corrected chi connectivity index (χ4v) is 3.12. The van der Waals surface area contributed by atoms with E-state index in [1.54, 1.807) is 24.9 Å². The Morgan fingerprint density at radius 1 is 1.63 bits per heavy atom. The number of hydrogen-bond donors (Lipinski definition) is 1. The highest BCUT2D eigenvalue weighted by atomic mass is 32.2. The molecule has 5 heteroatoms. The summed E-state index contributed by atoms with van der Waals surface area (Å²) in [6, 6.07) is 3.72. The first kappa shape index (κ1) is 14.3. The number of ether oxygens (including phenoxy) is 1. The third kappa shape index (κ3) is 3.94. The van der Waals surface area contributed by atoms with Gasteiger partial charge in [0.2, 0.25) is 0 Å². The van der Waals surface area contributed by atoms with Crippen LogP contribution in [-0.2, 0) is 9.53 Å². The molecule has 0 spiro atoms. The van der Waals surface area contributed by atoms with Gasteiger partial charge in [0, 0.05) is 11.9 Å². The SMILES string of the molecule is COC(=O)CC1(CSc2cc(C(C)O)ccn2)CC1. The van der Waals surface area contributed by atoms with Gasteiger partial charge in [0.1, 0.15) is 0 Å². The second-order valence-corrected chi connectivity index (χ2v) is 6.14. The topological polar surface area (TPSA) is 59.4 Å². The van der Waals surface area contributed by atoms with Gasteiger partial charge in [0.15, 0.2) is 0 Å². The summed E-state index contributed by atoms with van der Waals surface area (Å²) in [6.45, 7) is 1.74. The lowest BCUT2D eigenvalue weighted by molar-refractivity contribution is -0.141. The Bertz CT molecular complexity index is 458. The van der Waals surface area contributed by atoms with Crippen LogP contribution in [0.2, 0.25) is 0 Å². The van der Waals surface area contributed by atoms with Gasteiger partial charge in [0.25, 0.3) is 0 Å². The molecule has 0 saturated heterocycles. The van der Waals surface area contributed by atoms with Crippen molar-refractivity contribution >= 4 is 17.7 Å². The number of rotatable bonds is 6. The van der Waals surface area contributed by atoms with E-state index < -0.39 is 6.10 Å². The molecule has 1 heterocycles. The van der Waals surface area contributed by atoms with Crippen LogP contribution in [0.1, 0.15) is 37.9 Å². The van der Waals surface area contributed by atoms with Gasteiger partial charge in [-0.2, -0.15) is 0 Å². The summed E-state index contributed by atoms with van der Waals surface area (Å²) >= 11 is 1.64. The van der Waals surface area contributed by atoms with E-state index in [4.69, 9.17) is 4.74 Å². The van der Waals surface area contributed by atoms with Crippen molar-refractivity contribution < 1.29 is 14.6 Å². The number of methoxy groups -OCH3 is 1. The van der Waals surface area contributed by atoms with Gasteiger partial charge in [-0.25, -0.2) is 4.98 Å². The third-order valence-electron chi connectivity index (χ3n) is 3.47. The molecule has 1 aliphatic rings. The average Bonchev–Trinajstić information content (AvgIpc) is 3.17. The molecule has 1 unspecified atom stereocenters. The van der Waals surface area contributed by atoms with Crippen LogP contribution in [0.4, 0.5) is 0 Å². The number of aliphatic hydroxyl groups is 1. The van der Waals surface area contributed by atoms with E-state index in [0.717, 1.165) is 29.2 Å². The van der Waals surface area contributed by atoms with Gasteiger partial charge < -0.3 is 9.84 Å². The lowest BCUT2D eigenvalue weighted by Gasteiger charge is -2.13. The Morgan fingerprint density at radius 2 is 2.37 bits per heavy atom. The number of aliphatic hydroxyl groups excluding tert-OH is 1. The van der Waals surface area contributed by atoms with Gasteiger partial charge in [-0.3, -0.25) is 4.79 Å². The van der Waals surface area contributed by atoms with E-state index in [1.165, 1.54) is 7.11 Å². The lowest BCUT2D eigenvalue weighted by atomic mass is 10.1. The summed E-state index contributed by atoms with van der Waals surface area (Å²) in [5.41, 5.74) is 0.968. The predicted molar refractivity (Wildman–Crippen MR) is 73.9 cm³/mol. The molecule has 2 rings (SSSR count). The maximum absolute atomic E-state index is 11.3. The van der Waals surface area contributed by atoms with Crippen LogP contribution in [0.15, 0.2) is 23.4 Å². The van der Waals surface area contributed by atoms with Crippen molar-refractivity contribution in [1.29, 1.82) is 0 Å². The number of hydrogen-bond acceptors (Lipinski definition) is 5. The largest absolute Gasteiger partial charge is 0.469 e. The Labute approximate surface area is 117 Å². The molecular weight excluding hydrogens is 262 g/mol. The van der Waals surface area contributed by atoms with Crippen LogP contribution >= 0.6 is 11.8 Å². The number of nitrogens with zero attached hydrogens (tertiary/aromatic N) is 1. The summed E-state index contributed by atoms with van der Waals surface area (Å²) < 4.78 is 4.73. The summed E-state index contributed by atoms with van der Waals surface area (Å²) in [4.78, 5) is 15.6. The first-order valence-corrected chi connectivity index (χ1v) is 7.37. The molecule has 1 aromatic heterocycles. The zero-order valence-corrected chi connectivity index (χ0v) is 12.1. The summed E-state index contributed by atoms with van der Waals surface area (Å²) in [6.07, 6.45) is 3.88. The molecule has 1 saturated carbocycles. The molecule has 0 bridgehead atoms. The van der Waals surface area contributed by atoms with E-state index in [1.807, 2.05) is 12.1 Å². The van der Waals surface area contributed by atoms with E-state index >= 15 is 0 Å². The van der Waals surface area contributed by atoms with E-state index in [-0.39, 0.29) is 11.4 Å². The fraction of sp³-hybridized carbons (Fsp3) is 0.571. The second kappa shape index (κ2) is 5.92. The minimum Gasteiger partial charge on any atom is -0.469 e. The zero-order chi connectivity index (χ0) is 13.9. The number of aromatic nitrogens is 1. The van der Waals surface area contributed by atoms with Gasteiger partial charge in [0.05, 0.1) is 24.7 Å². The van der Waals surface area contributed by atoms with Crippen LogP contribution in [0, 0.1) is 5.41 Å². The normalized spacial score (nSPS) is 17.8. The Kier molecular flexibility index (Phi) is 4.47. The molecule has 104 valence electrons. The highest BCUT2D eigenvalue weighted by Gasteiger charge is 2.44. The Hall–Kier alpha value is -1.07. The highest BCUT2D eigenvalue weighted by molar-refractivity contribution is 7.99. The molecule has 0 aromatic carbocycles. The fourth-order valence-electron chi connectivity index (χ4n) is 1.92. The van der Waals surface area contributed by atoms with Crippen LogP contribution in [0.25, 0.3) is 0 Å². The molecule has 0 amide bonds. The van der Waals surface area contributed by atoms with Crippen molar-refractivity contribution in [3.05, 3.63) is 23.9 Å². The van der Waals surface area contributed by atoms with Crippen LogP contribution < -0.4 is 0 Å². The van der Waals surface area contributed by atoms with Crippen molar-refractivity contribution in [2.75, 3.05) is 12.9 Å². The first-order valence-electron chi connectivity index (χ1n) is 6.38. The van der Waals surface area contributed by atoms with Gasteiger partial charge >= 0.3 is 5.97 Å². The molecule has 0 radical (unpaired) electrons. The summed E-state index contributed by atoms with van der Waals surface area (Å²) in [5.74, 6) is 0.738. The molecular formula is C14H19NO3S. The smallest absolute Gasteiger partial charge is 0.306 e.